The number of anilines is 1. The Kier molecular flexibility index (Phi) is 4.08. The van der Waals surface area contributed by atoms with Gasteiger partial charge in [0.2, 0.25) is 5.95 Å². The molecule has 4 heterocycles. The van der Waals surface area contributed by atoms with Gasteiger partial charge >= 0.3 is 0 Å². The van der Waals surface area contributed by atoms with Crippen molar-refractivity contribution in [1.29, 1.82) is 0 Å². The second kappa shape index (κ2) is 6.30. The highest BCUT2D eigenvalue weighted by molar-refractivity contribution is 5.61. The SMILES string of the molecule is CC(C)(O)c1ccc2ncc(-c3ccnc(N[C@H]4CNC[C@@H]4F)n3)n2c1. The van der Waals surface area contributed by atoms with Gasteiger partial charge in [-0.2, -0.15) is 0 Å². The smallest absolute Gasteiger partial charge is 0.223 e. The van der Waals surface area contributed by atoms with E-state index in [0.29, 0.717) is 24.7 Å². The molecule has 0 aromatic carbocycles. The number of nitrogens with zero attached hydrogens (tertiary/aromatic N) is 4. The lowest BCUT2D eigenvalue weighted by atomic mass is 10.0. The van der Waals surface area contributed by atoms with E-state index in [1.165, 1.54) is 0 Å². The summed E-state index contributed by atoms with van der Waals surface area (Å²) in [6, 6.07) is 5.16. The fourth-order valence-electron chi connectivity index (χ4n) is 3.06. The number of hydrogen-bond acceptors (Lipinski definition) is 6. The van der Waals surface area contributed by atoms with E-state index in [1.54, 1.807) is 32.3 Å². The third-order valence-electron chi connectivity index (χ3n) is 4.58. The van der Waals surface area contributed by atoms with Crippen molar-refractivity contribution in [2.75, 3.05) is 18.4 Å². The summed E-state index contributed by atoms with van der Waals surface area (Å²) in [6.45, 7) is 4.35. The van der Waals surface area contributed by atoms with Crippen molar-refractivity contribution in [3.63, 3.8) is 0 Å². The highest BCUT2D eigenvalue weighted by atomic mass is 19.1. The fraction of sp³-hybridized carbons (Fsp3) is 0.389. The first-order valence-electron chi connectivity index (χ1n) is 8.56. The van der Waals surface area contributed by atoms with Gasteiger partial charge in [-0.05, 0) is 31.5 Å². The predicted octanol–water partition coefficient (Wildman–Crippen LogP) is 1.74. The molecule has 8 heteroatoms. The molecule has 1 aliphatic heterocycles. The van der Waals surface area contributed by atoms with E-state index in [-0.39, 0.29) is 6.04 Å². The average molecular weight is 356 g/mol. The lowest BCUT2D eigenvalue weighted by Crippen LogP contribution is -2.30. The van der Waals surface area contributed by atoms with Crippen molar-refractivity contribution < 1.29 is 9.50 Å². The van der Waals surface area contributed by atoms with E-state index in [4.69, 9.17) is 0 Å². The lowest BCUT2D eigenvalue weighted by Gasteiger charge is -2.18. The van der Waals surface area contributed by atoms with Crippen LogP contribution in [0.3, 0.4) is 0 Å². The number of fused-ring (bicyclic) bond motifs is 1. The molecule has 0 bridgehead atoms. The molecule has 0 aliphatic carbocycles. The summed E-state index contributed by atoms with van der Waals surface area (Å²) in [5.74, 6) is 0.382. The third-order valence-corrected chi connectivity index (χ3v) is 4.58. The minimum atomic E-state index is -0.965. The minimum absolute atomic E-state index is 0.338. The summed E-state index contributed by atoms with van der Waals surface area (Å²) in [6.07, 6.45) is 4.25. The van der Waals surface area contributed by atoms with E-state index < -0.39 is 11.8 Å². The van der Waals surface area contributed by atoms with Gasteiger partial charge in [0.25, 0.3) is 0 Å². The van der Waals surface area contributed by atoms with E-state index >= 15 is 0 Å². The van der Waals surface area contributed by atoms with Crippen LogP contribution in [0.25, 0.3) is 17.0 Å². The molecule has 0 unspecified atom stereocenters. The van der Waals surface area contributed by atoms with Crippen molar-refractivity contribution in [3.05, 3.63) is 42.4 Å². The van der Waals surface area contributed by atoms with Crippen LogP contribution in [0.15, 0.2) is 36.8 Å². The molecular weight excluding hydrogens is 335 g/mol. The van der Waals surface area contributed by atoms with Crippen LogP contribution in [-0.4, -0.2) is 49.8 Å². The molecule has 7 nitrogen and oxygen atoms in total. The van der Waals surface area contributed by atoms with Crippen LogP contribution >= 0.6 is 0 Å². The first-order chi connectivity index (χ1) is 12.4. The van der Waals surface area contributed by atoms with Crippen LogP contribution in [0.1, 0.15) is 19.4 Å². The number of pyridine rings is 1. The van der Waals surface area contributed by atoms with Crippen molar-refractivity contribution in [3.8, 4) is 11.4 Å². The maximum Gasteiger partial charge on any atom is 0.223 e. The zero-order valence-electron chi connectivity index (χ0n) is 14.6. The Morgan fingerprint density at radius 1 is 1.27 bits per heavy atom. The number of aromatic nitrogens is 4. The molecule has 2 atom stereocenters. The highest BCUT2D eigenvalue weighted by Gasteiger charge is 2.27. The summed E-state index contributed by atoms with van der Waals surface area (Å²) in [7, 11) is 0. The number of imidazole rings is 1. The van der Waals surface area contributed by atoms with Gasteiger partial charge in [-0.1, -0.05) is 6.07 Å². The zero-order valence-corrected chi connectivity index (χ0v) is 14.6. The van der Waals surface area contributed by atoms with Gasteiger partial charge in [0.05, 0.1) is 29.2 Å². The molecule has 3 aromatic rings. The largest absolute Gasteiger partial charge is 0.386 e. The first kappa shape index (κ1) is 16.9. The molecule has 1 saturated heterocycles. The highest BCUT2D eigenvalue weighted by Crippen LogP contribution is 2.24. The first-order valence-corrected chi connectivity index (χ1v) is 8.56. The molecule has 26 heavy (non-hydrogen) atoms. The van der Waals surface area contributed by atoms with Gasteiger partial charge < -0.3 is 15.7 Å². The van der Waals surface area contributed by atoms with E-state index in [1.807, 2.05) is 22.7 Å². The van der Waals surface area contributed by atoms with Gasteiger partial charge in [0.15, 0.2) is 0 Å². The second-order valence-electron chi connectivity index (χ2n) is 7.04. The maximum absolute atomic E-state index is 13.8. The fourth-order valence-corrected chi connectivity index (χ4v) is 3.06. The summed E-state index contributed by atoms with van der Waals surface area (Å²) in [4.78, 5) is 13.1. The molecule has 1 fully saturated rings. The van der Waals surface area contributed by atoms with Crippen molar-refractivity contribution in [2.45, 2.75) is 31.7 Å². The summed E-state index contributed by atoms with van der Waals surface area (Å²) in [5.41, 5.74) is 2.01. The number of alkyl halides is 1. The second-order valence-corrected chi connectivity index (χ2v) is 7.04. The third kappa shape index (κ3) is 3.13. The Balaban J connectivity index is 1.70. The quantitative estimate of drug-likeness (QED) is 0.660. The predicted molar refractivity (Wildman–Crippen MR) is 96.6 cm³/mol. The standard InChI is InChI=1S/C18H21FN6O/c1-18(2,26)11-3-4-16-22-9-15(25(16)10-11)13-5-6-21-17(23-13)24-14-8-20-7-12(14)19/h3-6,9-10,12,14,20,26H,7-8H2,1-2H3,(H,21,23,24)/t12-,14-/m0/s1. The van der Waals surface area contributed by atoms with Crippen LogP contribution in [0.2, 0.25) is 0 Å². The Labute approximate surface area is 150 Å². The molecular formula is C18H21FN6O. The lowest BCUT2D eigenvalue weighted by molar-refractivity contribution is 0.0781. The summed E-state index contributed by atoms with van der Waals surface area (Å²) >= 11 is 0. The Bertz CT molecular complexity index is 935. The van der Waals surface area contributed by atoms with Crippen LogP contribution < -0.4 is 10.6 Å². The molecule has 0 spiro atoms. The van der Waals surface area contributed by atoms with E-state index in [9.17, 15) is 9.50 Å². The van der Waals surface area contributed by atoms with Gasteiger partial charge in [-0.3, -0.25) is 4.40 Å². The van der Waals surface area contributed by atoms with E-state index in [2.05, 4.69) is 25.6 Å². The normalized spacial score (nSPS) is 20.6. The van der Waals surface area contributed by atoms with Crippen LogP contribution in [0.5, 0.6) is 0 Å². The van der Waals surface area contributed by atoms with Crippen molar-refractivity contribution in [1.82, 2.24) is 24.7 Å². The zero-order chi connectivity index (χ0) is 18.3. The summed E-state index contributed by atoms with van der Waals surface area (Å²) < 4.78 is 15.7. The average Bonchev–Trinajstić information content (AvgIpc) is 3.20. The number of halogens is 1. The monoisotopic (exact) mass is 356 g/mol. The molecule has 0 radical (unpaired) electrons. The van der Waals surface area contributed by atoms with Gasteiger partial charge in [-0.15, -0.1) is 0 Å². The molecule has 136 valence electrons. The summed E-state index contributed by atoms with van der Waals surface area (Å²) in [5, 5.41) is 16.3. The molecule has 0 saturated carbocycles. The van der Waals surface area contributed by atoms with Gasteiger partial charge in [0, 0.05) is 25.5 Å². The number of rotatable bonds is 4. The number of aliphatic hydroxyl groups is 1. The molecule has 3 aromatic heterocycles. The Morgan fingerprint density at radius 2 is 2.12 bits per heavy atom. The Hall–Kier alpha value is -2.58. The van der Waals surface area contributed by atoms with Crippen LogP contribution in [0.4, 0.5) is 10.3 Å². The molecule has 3 N–H and O–H groups in total. The molecule has 0 amide bonds. The van der Waals surface area contributed by atoms with Crippen LogP contribution in [0, 0.1) is 0 Å². The number of hydrogen-bond donors (Lipinski definition) is 3. The number of nitrogens with one attached hydrogen (secondary N) is 2. The topological polar surface area (TPSA) is 87.4 Å². The Morgan fingerprint density at radius 3 is 2.85 bits per heavy atom. The molecule has 4 rings (SSSR count). The van der Waals surface area contributed by atoms with E-state index in [0.717, 1.165) is 16.9 Å². The van der Waals surface area contributed by atoms with Crippen LogP contribution in [-0.2, 0) is 5.60 Å². The van der Waals surface area contributed by atoms with Gasteiger partial charge in [-0.25, -0.2) is 19.3 Å². The van der Waals surface area contributed by atoms with Crippen molar-refractivity contribution in [2.24, 2.45) is 0 Å². The molecule has 1 aliphatic rings. The minimum Gasteiger partial charge on any atom is -0.386 e. The van der Waals surface area contributed by atoms with Gasteiger partial charge in [0.1, 0.15) is 11.8 Å². The van der Waals surface area contributed by atoms with Crippen molar-refractivity contribution >= 4 is 11.6 Å². The maximum atomic E-state index is 13.8.